The molecule has 12 nitrogen and oxygen atoms in total. The topological polar surface area (TPSA) is 148 Å². The van der Waals surface area contributed by atoms with E-state index in [1.54, 1.807) is 25.3 Å². The Morgan fingerprint density at radius 1 is 1.18 bits per heavy atom. The molecule has 1 aliphatic heterocycles. The Balaban J connectivity index is 2.02. The summed E-state index contributed by atoms with van der Waals surface area (Å²) >= 11 is 5.90. The molecule has 1 aromatic rings. The number of hydrogen-bond acceptors (Lipinski definition) is 10. The van der Waals surface area contributed by atoms with E-state index in [1.165, 1.54) is 4.90 Å². The number of nitrogens with zero attached hydrogens (tertiary/aromatic N) is 2. The number of rotatable bonds is 17. The van der Waals surface area contributed by atoms with Crippen LogP contribution >= 0.6 is 11.6 Å². The van der Waals surface area contributed by atoms with Gasteiger partial charge in [0.05, 0.1) is 24.1 Å². The van der Waals surface area contributed by atoms with E-state index < -0.39 is 35.5 Å². The van der Waals surface area contributed by atoms with Crippen molar-refractivity contribution in [3.8, 4) is 11.5 Å². The number of halogens is 1. The van der Waals surface area contributed by atoms with Crippen LogP contribution in [0.15, 0.2) is 47.7 Å². The number of amides is 2. The molecule has 0 aromatic heterocycles. The standard InChI is InChI=1S/C38H56ClN3O9/c1-7-20-48-38-32(42(6)36(46)47-21-17-39)24-30(41-51-37(3,4)5)28-22-25(13-9-11-18-43)27(14-10-12-19-44)33(34(28)38)29-23-26(15-16-31(29)50-38)49-35(45)40-8-2/h7,15-16,22-23,25,27,32-34,43-44H,1,8-14,17-21,24H2,2-6H3,(H,40,45)/t25-,27+,32-,33+,34+,38+/m0/s1. The van der Waals surface area contributed by atoms with Crippen LogP contribution in [0.5, 0.6) is 11.5 Å². The number of carbonyl (C=O) groups is 2. The first-order valence-corrected chi connectivity index (χ1v) is 18.7. The normalized spacial score (nSPS) is 25.8. The molecular formula is C38H56ClN3O9. The third-order valence-electron chi connectivity index (χ3n) is 9.66. The second kappa shape index (κ2) is 18.4. The molecule has 3 aliphatic rings. The fourth-order valence-electron chi connectivity index (χ4n) is 7.63. The molecule has 0 bridgehead atoms. The van der Waals surface area contributed by atoms with E-state index >= 15 is 0 Å². The molecule has 0 radical (unpaired) electrons. The molecule has 2 aliphatic carbocycles. The number of unbranched alkanes of at least 4 members (excludes halogenated alkanes) is 2. The monoisotopic (exact) mass is 733 g/mol. The van der Waals surface area contributed by atoms with E-state index in [0.29, 0.717) is 36.6 Å². The lowest BCUT2D eigenvalue weighted by Crippen LogP contribution is -2.69. The number of benzene rings is 1. The number of carbonyl (C=O) groups excluding carboxylic acids is 2. The molecule has 1 heterocycles. The van der Waals surface area contributed by atoms with Crippen LogP contribution in [0.1, 0.15) is 84.1 Å². The van der Waals surface area contributed by atoms with Crippen LogP contribution in [0.25, 0.3) is 0 Å². The van der Waals surface area contributed by atoms with Crippen molar-refractivity contribution in [2.24, 2.45) is 22.9 Å². The van der Waals surface area contributed by atoms with E-state index in [1.807, 2.05) is 33.8 Å². The van der Waals surface area contributed by atoms with E-state index in [9.17, 15) is 19.8 Å². The summed E-state index contributed by atoms with van der Waals surface area (Å²) < 4.78 is 25.1. The van der Waals surface area contributed by atoms with Crippen molar-refractivity contribution in [1.29, 1.82) is 0 Å². The summed E-state index contributed by atoms with van der Waals surface area (Å²) in [6.07, 6.45) is 7.49. The lowest BCUT2D eigenvalue weighted by molar-refractivity contribution is -0.253. The molecule has 4 rings (SSSR count). The molecule has 13 heteroatoms. The summed E-state index contributed by atoms with van der Waals surface area (Å²) in [5.41, 5.74) is 1.82. The minimum Gasteiger partial charge on any atom is -0.459 e. The molecule has 1 saturated carbocycles. The first-order valence-electron chi connectivity index (χ1n) is 18.1. The fourth-order valence-corrected chi connectivity index (χ4v) is 7.70. The Bertz CT molecular complexity index is 1410. The van der Waals surface area contributed by atoms with Gasteiger partial charge in [0.15, 0.2) is 0 Å². The maximum absolute atomic E-state index is 13.6. The molecule has 0 unspecified atom stereocenters. The number of alkyl halides is 1. The predicted octanol–water partition coefficient (Wildman–Crippen LogP) is 6.53. The predicted molar refractivity (Wildman–Crippen MR) is 195 cm³/mol. The summed E-state index contributed by atoms with van der Waals surface area (Å²) in [4.78, 5) is 33.7. The second-order valence-corrected chi connectivity index (χ2v) is 14.7. The van der Waals surface area contributed by atoms with Gasteiger partial charge >= 0.3 is 12.2 Å². The van der Waals surface area contributed by atoms with E-state index in [2.05, 4.69) is 18.0 Å². The van der Waals surface area contributed by atoms with Crippen LogP contribution in [0.3, 0.4) is 0 Å². The Morgan fingerprint density at radius 2 is 1.90 bits per heavy atom. The highest BCUT2D eigenvalue weighted by atomic mass is 35.5. The fraction of sp³-hybridized carbons (Fsp3) is 0.658. The van der Waals surface area contributed by atoms with Gasteiger partial charge in [0.1, 0.15) is 29.7 Å². The summed E-state index contributed by atoms with van der Waals surface area (Å²) in [6, 6.07) is 4.62. The van der Waals surface area contributed by atoms with Gasteiger partial charge in [-0.25, -0.2) is 9.59 Å². The maximum Gasteiger partial charge on any atom is 0.412 e. The highest BCUT2D eigenvalue weighted by Crippen LogP contribution is 2.61. The van der Waals surface area contributed by atoms with Crippen LogP contribution in [-0.2, 0) is 14.3 Å². The van der Waals surface area contributed by atoms with Gasteiger partial charge in [0.25, 0.3) is 0 Å². The summed E-state index contributed by atoms with van der Waals surface area (Å²) in [7, 11) is 1.66. The lowest BCUT2D eigenvalue weighted by atomic mass is 9.55. The summed E-state index contributed by atoms with van der Waals surface area (Å²) in [5, 5.41) is 26.9. The van der Waals surface area contributed by atoms with Gasteiger partial charge in [-0.15, -0.1) is 18.2 Å². The van der Waals surface area contributed by atoms with Crippen molar-refractivity contribution in [3.63, 3.8) is 0 Å². The summed E-state index contributed by atoms with van der Waals surface area (Å²) in [5.74, 6) is -1.04. The van der Waals surface area contributed by atoms with Gasteiger partial charge in [0, 0.05) is 44.7 Å². The van der Waals surface area contributed by atoms with Crippen molar-refractivity contribution in [1.82, 2.24) is 10.2 Å². The average Bonchev–Trinajstić information content (AvgIpc) is 3.09. The largest absolute Gasteiger partial charge is 0.459 e. The van der Waals surface area contributed by atoms with Crippen molar-refractivity contribution in [3.05, 3.63) is 48.1 Å². The van der Waals surface area contributed by atoms with Gasteiger partial charge in [-0.3, -0.25) is 0 Å². The van der Waals surface area contributed by atoms with Crippen molar-refractivity contribution >= 4 is 29.5 Å². The summed E-state index contributed by atoms with van der Waals surface area (Å²) in [6.45, 7) is 12.3. The maximum atomic E-state index is 13.6. The van der Waals surface area contributed by atoms with E-state index in [-0.39, 0.29) is 56.5 Å². The number of fused-ring (bicyclic) bond motifs is 2. The number of nitrogens with one attached hydrogen (secondary N) is 1. The molecule has 3 N–H and O–H groups in total. The number of hydrogen-bond donors (Lipinski definition) is 3. The average molecular weight is 734 g/mol. The Labute approximate surface area is 307 Å². The minimum absolute atomic E-state index is 0.0232. The van der Waals surface area contributed by atoms with Crippen LogP contribution in [0.2, 0.25) is 0 Å². The van der Waals surface area contributed by atoms with Gasteiger partial charge in [0.2, 0.25) is 5.79 Å². The third kappa shape index (κ3) is 9.57. The number of oxime groups is 1. The lowest BCUT2D eigenvalue weighted by Gasteiger charge is -2.59. The van der Waals surface area contributed by atoms with Gasteiger partial charge in [-0.2, -0.15) is 0 Å². The molecule has 51 heavy (non-hydrogen) atoms. The Hall–Kier alpha value is -3.32. The molecule has 1 aromatic carbocycles. The van der Waals surface area contributed by atoms with Gasteiger partial charge < -0.3 is 44.2 Å². The third-order valence-corrected chi connectivity index (χ3v) is 9.82. The zero-order valence-electron chi connectivity index (χ0n) is 30.7. The smallest absolute Gasteiger partial charge is 0.412 e. The number of ether oxygens (including phenoxy) is 4. The first kappa shape index (κ1) is 40.5. The van der Waals surface area contributed by atoms with Crippen molar-refractivity contribution in [2.45, 2.75) is 96.0 Å². The molecule has 0 saturated heterocycles. The quantitative estimate of drug-likeness (QED) is 0.0703. The number of likely N-dealkylation sites (N-methyl/N-ethyl adjacent to an activating group) is 1. The second-order valence-electron chi connectivity index (χ2n) is 14.3. The molecule has 1 fully saturated rings. The Kier molecular flexibility index (Phi) is 14.6. The van der Waals surface area contributed by atoms with Crippen molar-refractivity contribution in [2.75, 3.05) is 45.9 Å². The molecule has 6 atom stereocenters. The van der Waals surface area contributed by atoms with Crippen LogP contribution in [0, 0.1) is 17.8 Å². The van der Waals surface area contributed by atoms with Crippen LogP contribution in [-0.4, -0.2) is 96.3 Å². The minimum atomic E-state index is -1.42. The highest BCUT2D eigenvalue weighted by Gasteiger charge is 2.65. The molecule has 284 valence electrons. The zero-order chi connectivity index (χ0) is 37.2. The van der Waals surface area contributed by atoms with Gasteiger partial charge in [-0.1, -0.05) is 30.1 Å². The first-order chi connectivity index (χ1) is 24.4. The highest BCUT2D eigenvalue weighted by molar-refractivity contribution is 6.18. The van der Waals surface area contributed by atoms with E-state index in [0.717, 1.165) is 36.8 Å². The molecule has 0 spiro atoms. The zero-order valence-corrected chi connectivity index (χ0v) is 31.5. The number of aliphatic hydroxyl groups is 2. The van der Waals surface area contributed by atoms with Crippen LogP contribution in [0.4, 0.5) is 9.59 Å². The number of aliphatic hydroxyl groups excluding tert-OH is 2. The number of allylic oxidation sites excluding steroid dienone is 1. The Morgan fingerprint density at radius 3 is 2.55 bits per heavy atom. The molecule has 2 amide bonds. The van der Waals surface area contributed by atoms with Gasteiger partial charge in [-0.05, 0) is 89.0 Å². The molecular weight excluding hydrogens is 678 g/mol. The van der Waals surface area contributed by atoms with Crippen molar-refractivity contribution < 1.29 is 43.6 Å². The van der Waals surface area contributed by atoms with E-state index in [4.69, 9.17) is 40.5 Å². The van der Waals surface area contributed by atoms with Crippen LogP contribution < -0.4 is 14.8 Å². The SMILES string of the molecule is C=CCO[C@@]12Oc3ccc(OC(=O)NCC)cc3[C@H]3[C@H](CCCCO)[C@@H](CCCCO)C=C(C(=NOC(C)(C)C)C[C@@H]1N(C)C(=O)OCCCl)[C@H]32.